The van der Waals surface area contributed by atoms with E-state index in [2.05, 4.69) is 34.2 Å². The van der Waals surface area contributed by atoms with Gasteiger partial charge in [-0.3, -0.25) is 0 Å². The summed E-state index contributed by atoms with van der Waals surface area (Å²) in [6.07, 6.45) is 2.15. The number of nitrogens with one attached hydrogen (secondary N) is 3. The molecule has 28 heavy (non-hydrogen) atoms. The van der Waals surface area contributed by atoms with Gasteiger partial charge in [0.1, 0.15) is 11.5 Å². The monoisotopic (exact) mass is 393 g/mol. The van der Waals surface area contributed by atoms with Gasteiger partial charge < -0.3 is 25.4 Å². The van der Waals surface area contributed by atoms with Crippen molar-refractivity contribution in [2.75, 3.05) is 27.3 Å². The predicted molar refractivity (Wildman–Crippen MR) is 115 cm³/mol. The summed E-state index contributed by atoms with van der Waals surface area (Å²) in [7, 11) is 3.39. The fraction of sp³-hybridized carbons (Fsp3) is 0.227. The Bertz CT molecular complexity index is 968. The third kappa shape index (κ3) is 3.48. The number of ether oxygens (including phenoxy) is 2. The van der Waals surface area contributed by atoms with E-state index in [1.807, 2.05) is 36.4 Å². The van der Waals surface area contributed by atoms with Crippen LogP contribution < -0.4 is 25.4 Å². The normalized spacial score (nSPS) is 20.3. The lowest BCUT2D eigenvalue weighted by atomic mass is 9.89. The molecule has 0 fully saturated rings. The molecule has 0 radical (unpaired) electrons. The smallest absolute Gasteiger partial charge is 0.171 e. The maximum Gasteiger partial charge on any atom is 0.171 e. The molecule has 0 amide bonds. The zero-order chi connectivity index (χ0) is 19.5. The zero-order valence-electron chi connectivity index (χ0n) is 15.9. The topological polar surface area (TPSA) is 54.5 Å². The summed E-state index contributed by atoms with van der Waals surface area (Å²) in [5.74, 6) is 1.69. The van der Waals surface area contributed by atoms with Crippen molar-refractivity contribution in [2.45, 2.75) is 6.04 Å². The lowest BCUT2D eigenvalue weighted by Gasteiger charge is -2.36. The molecule has 0 saturated heterocycles. The van der Waals surface area contributed by atoms with Crippen molar-refractivity contribution in [1.82, 2.24) is 16.0 Å². The molecule has 2 heterocycles. The third-order valence-corrected chi connectivity index (χ3v) is 5.27. The van der Waals surface area contributed by atoms with E-state index in [1.54, 1.807) is 14.2 Å². The molecule has 4 rings (SSSR count). The number of methoxy groups -OCH3 is 2. The minimum atomic E-state index is -0.0474. The Morgan fingerprint density at radius 1 is 0.964 bits per heavy atom. The Hall–Kier alpha value is -2.83. The lowest BCUT2D eigenvalue weighted by molar-refractivity contribution is 0.405. The van der Waals surface area contributed by atoms with E-state index < -0.39 is 0 Å². The largest absolute Gasteiger partial charge is 0.496 e. The van der Waals surface area contributed by atoms with Crippen LogP contribution in [0.1, 0.15) is 17.2 Å². The van der Waals surface area contributed by atoms with Crippen LogP contribution in [0, 0.1) is 0 Å². The highest BCUT2D eigenvalue weighted by molar-refractivity contribution is 7.80. The van der Waals surface area contributed by atoms with Crippen molar-refractivity contribution >= 4 is 23.4 Å². The first-order valence-corrected chi connectivity index (χ1v) is 9.60. The van der Waals surface area contributed by atoms with E-state index in [-0.39, 0.29) is 6.04 Å². The quantitative estimate of drug-likeness (QED) is 0.694. The highest BCUT2D eigenvalue weighted by atomic mass is 32.1. The van der Waals surface area contributed by atoms with Gasteiger partial charge in [0.05, 0.1) is 20.3 Å². The molecule has 0 aromatic heterocycles. The van der Waals surface area contributed by atoms with Crippen molar-refractivity contribution in [3.63, 3.8) is 0 Å². The third-order valence-electron chi connectivity index (χ3n) is 5.05. The van der Waals surface area contributed by atoms with Gasteiger partial charge in [0, 0.05) is 29.9 Å². The molecule has 5 nitrogen and oxygen atoms in total. The van der Waals surface area contributed by atoms with Gasteiger partial charge >= 0.3 is 0 Å². The fourth-order valence-corrected chi connectivity index (χ4v) is 3.98. The molecule has 1 atom stereocenters. The average Bonchev–Trinajstić information content (AvgIpc) is 2.74. The fourth-order valence-electron chi connectivity index (χ4n) is 3.76. The molecule has 144 valence electrons. The molecule has 2 aromatic carbocycles. The van der Waals surface area contributed by atoms with Gasteiger partial charge in [-0.1, -0.05) is 36.4 Å². The molecule has 6 heteroatoms. The molecule has 0 spiro atoms. The van der Waals surface area contributed by atoms with Crippen LogP contribution in [0.25, 0.3) is 6.08 Å². The van der Waals surface area contributed by atoms with Gasteiger partial charge in [-0.15, -0.1) is 0 Å². The molecule has 0 bridgehead atoms. The molecule has 3 N–H and O–H groups in total. The van der Waals surface area contributed by atoms with Crippen LogP contribution in [-0.4, -0.2) is 32.4 Å². The molecular weight excluding hydrogens is 370 g/mol. The van der Waals surface area contributed by atoms with Crippen LogP contribution in [0.3, 0.4) is 0 Å². The summed E-state index contributed by atoms with van der Waals surface area (Å²) in [6.45, 7) is 1.52. The van der Waals surface area contributed by atoms with Gasteiger partial charge in [-0.05, 0) is 41.6 Å². The Labute approximate surface area is 170 Å². The Balaban J connectivity index is 1.81. The summed E-state index contributed by atoms with van der Waals surface area (Å²) >= 11 is 5.53. The molecule has 2 aromatic rings. The summed E-state index contributed by atoms with van der Waals surface area (Å²) in [5.41, 5.74) is 5.54. The first-order chi connectivity index (χ1) is 13.7. The second kappa shape index (κ2) is 8.04. The molecular formula is C22H23N3O2S. The van der Waals surface area contributed by atoms with Gasteiger partial charge in [0.25, 0.3) is 0 Å². The SMILES string of the molecule is COc1ccccc1/C=C1\CNCC2=C1NC(=S)NC2c1ccccc1OC. The second-order valence-electron chi connectivity index (χ2n) is 6.69. The Morgan fingerprint density at radius 3 is 2.46 bits per heavy atom. The number of hydrogen-bond acceptors (Lipinski definition) is 4. The number of benzene rings is 2. The number of thiocarbonyl (C=S) groups is 1. The van der Waals surface area contributed by atoms with E-state index >= 15 is 0 Å². The van der Waals surface area contributed by atoms with Crippen molar-refractivity contribution in [3.05, 3.63) is 76.5 Å². The van der Waals surface area contributed by atoms with Gasteiger partial charge in [-0.2, -0.15) is 0 Å². The maximum atomic E-state index is 5.59. The average molecular weight is 394 g/mol. The van der Waals surface area contributed by atoms with E-state index in [9.17, 15) is 0 Å². The number of rotatable bonds is 4. The van der Waals surface area contributed by atoms with Crippen LogP contribution in [0.5, 0.6) is 11.5 Å². The van der Waals surface area contributed by atoms with E-state index in [4.69, 9.17) is 21.7 Å². The Kier molecular flexibility index (Phi) is 5.32. The van der Waals surface area contributed by atoms with Crippen molar-refractivity contribution in [3.8, 4) is 11.5 Å². The van der Waals surface area contributed by atoms with Gasteiger partial charge in [0.15, 0.2) is 5.11 Å². The number of para-hydroxylation sites is 2. The Morgan fingerprint density at radius 2 is 1.68 bits per heavy atom. The molecule has 2 aliphatic rings. The van der Waals surface area contributed by atoms with E-state index in [0.717, 1.165) is 47.0 Å². The van der Waals surface area contributed by atoms with Crippen LogP contribution in [-0.2, 0) is 0 Å². The maximum absolute atomic E-state index is 5.59. The molecule has 0 aliphatic carbocycles. The first kappa shape index (κ1) is 18.5. The minimum Gasteiger partial charge on any atom is -0.496 e. The minimum absolute atomic E-state index is 0.0474. The summed E-state index contributed by atoms with van der Waals surface area (Å²) < 4.78 is 11.1. The van der Waals surface area contributed by atoms with Crippen molar-refractivity contribution in [1.29, 1.82) is 0 Å². The molecule has 1 unspecified atom stereocenters. The van der Waals surface area contributed by atoms with Crippen LogP contribution in [0.4, 0.5) is 0 Å². The van der Waals surface area contributed by atoms with Crippen LogP contribution >= 0.6 is 12.2 Å². The summed E-state index contributed by atoms with van der Waals surface area (Å²) in [4.78, 5) is 0. The first-order valence-electron chi connectivity index (χ1n) is 9.19. The van der Waals surface area contributed by atoms with Gasteiger partial charge in [0.2, 0.25) is 0 Å². The van der Waals surface area contributed by atoms with Crippen LogP contribution in [0.15, 0.2) is 65.4 Å². The second-order valence-corrected chi connectivity index (χ2v) is 7.10. The van der Waals surface area contributed by atoms with E-state index in [1.165, 1.54) is 5.57 Å². The van der Waals surface area contributed by atoms with Crippen LogP contribution in [0.2, 0.25) is 0 Å². The van der Waals surface area contributed by atoms with E-state index in [0.29, 0.717) is 5.11 Å². The van der Waals surface area contributed by atoms with Gasteiger partial charge in [-0.25, -0.2) is 0 Å². The highest BCUT2D eigenvalue weighted by Crippen LogP contribution is 2.36. The predicted octanol–water partition coefficient (Wildman–Crippen LogP) is 3.16. The highest BCUT2D eigenvalue weighted by Gasteiger charge is 2.31. The summed E-state index contributed by atoms with van der Waals surface area (Å²) in [5, 5.41) is 10.9. The number of hydrogen-bond donors (Lipinski definition) is 3. The standard InChI is InChI=1S/C22H23N3O2S/c1-26-18-9-5-3-7-14(18)11-15-12-23-13-17-20(15)24-22(28)25-21(17)16-8-4-6-10-19(16)27-2/h3-11,21,23H,12-13H2,1-2H3,(H2,24,25,28)/b15-11+. The molecule has 0 saturated carbocycles. The zero-order valence-corrected chi connectivity index (χ0v) is 16.7. The lowest BCUT2D eigenvalue weighted by Crippen LogP contribution is -2.49. The van der Waals surface area contributed by atoms with Crippen molar-refractivity contribution in [2.24, 2.45) is 0 Å². The van der Waals surface area contributed by atoms with Crippen molar-refractivity contribution < 1.29 is 9.47 Å². The summed E-state index contributed by atoms with van der Waals surface area (Å²) in [6, 6.07) is 16.0. The molecule has 2 aliphatic heterocycles.